The molecule has 1 aromatic heterocycles. The molecule has 1 saturated heterocycles. The lowest BCUT2D eigenvalue weighted by atomic mass is 10.2. The Balaban J connectivity index is 1.59. The average Bonchev–Trinajstić information content (AvgIpc) is 3.20. The summed E-state index contributed by atoms with van der Waals surface area (Å²) in [6.45, 7) is 7.30. The minimum atomic E-state index is -0.244. The summed E-state index contributed by atoms with van der Waals surface area (Å²) in [6.07, 6.45) is 3.27. The van der Waals surface area contributed by atoms with Crippen LogP contribution >= 0.6 is 0 Å². The lowest BCUT2D eigenvalue weighted by Gasteiger charge is -2.16. The van der Waals surface area contributed by atoms with Crippen molar-refractivity contribution in [1.29, 1.82) is 0 Å². The number of aromatic nitrogens is 2. The van der Waals surface area contributed by atoms with Crippen LogP contribution < -0.4 is 10.6 Å². The van der Waals surface area contributed by atoms with Gasteiger partial charge >= 0.3 is 6.03 Å². The number of hydrogen-bond donors (Lipinski definition) is 2. The van der Waals surface area contributed by atoms with E-state index in [1.165, 1.54) is 0 Å². The highest BCUT2D eigenvalue weighted by atomic mass is 16.2. The molecule has 0 radical (unpaired) electrons. The Morgan fingerprint density at radius 1 is 1.36 bits per heavy atom. The first-order valence-corrected chi connectivity index (χ1v) is 8.80. The number of carbonyl (C=O) groups is 2. The zero-order chi connectivity index (χ0) is 18.0. The average molecular weight is 343 g/mol. The maximum Gasteiger partial charge on any atom is 0.319 e. The molecule has 0 unspecified atom stereocenters. The number of hydrogen-bond acceptors (Lipinski definition) is 3. The van der Waals surface area contributed by atoms with Crippen LogP contribution in [0.5, 0.6) is 0 Å². The van der Waals surface area contributed by atoms with Gasteiger partial charge in [-0.1, -0.05) is 6.92 Å². The van der Waals surface area contributed by atoms with Crippen molar-refractivity contribution in [3.05, 3.63) is 24.4 Å². The third-order valence-electron chi connectivity index (χ3n) is 4.49. The van der Waals surface area contributed by atoms with Crippen LogP contribution in [0.25, 0.3) is 10.9 Å². The molecule has 1 aliphatic rings. The molecule has 1 fully saturated rings. The van der Waals surface area contributed by atoms with Crippen LogP contribution in [0.1, 0.15) is 39.7 Å². The van der Waals surface area contributed by atoms with E-state index in [4.69, 9.17) is 0 Å². The molecule has 7 heteroatoms. The number of amides is 3. The summed E-state index contributed by atoms with van der Waals surface area (Å²) in [4.78, 5) is 25.7. The second kappa shape index (κ2) is 7.13. The number of rotatable bonds is 4. The smallest absolute Gasteiger partial charge is 0.319 e. The largest absolute Gasteiger partial charge is 0.341 e. The monoisotopic (exact) mass is 343 g/mol. The predicted molar refractivity (Wildman–Crippen MR) is 97.5 cm³/mol. The van der Waals surface area contributed by atoms with Crippen molar-refractivity contribution in [2.24, 2.45) is 0 Å². The van der Waals surface area contributed by atoms with E-state index >= 15 is 0 Å². The van der Waals surface area contributed by atoms with Crippen LogP contribution in [-0.2, 0) is 4.79 Å². The lowest BCUT2D eigenvalue weighted by Crippen LogP contribution is -2.40. The summed E-state index contributed by atoms with van der Waals surface area (Å²) in [5.41, 5.74) is 1.64. The first-order chi connectivity index (χ1) is 12.0. The van der Waals surface area contributed by atoms with Gasteiger partial charge in [-0.25, -0.2) is 4.79 Å². The molecule has 0 bridgehead atoms. The van der Waals surface area contributed by atoms with Crippen LogP contribution in [0.3, 0.4) is 0 Å². The van der Waals surface area contributed by atoms with Gasteiger partial charge in [0.2, 0.25) is 5.91 Å². The molecule has 0 aliphatic carbocycles. The van der Waals surface area contributed by atoms with E-state index in [0.717, 1.165) is 23.0 Å². The Labute approximate surface area is 147 Å². The predicted octanol–water partition coefficient (Wildman–Crippen LogP) is 2.75. The highest BCUT2D eigenvalue weighted by molar-refractivity contribution is 5.92. The van der Waals surface area contributed by atoms with Gasteiger partial charge in [0.15, 0.2) is 0 Å². The molecule has 2 aromatic rings. The van der Waals surface area contributed by atoms with E-state index < -0.39 is 0 Å². The van der Waals surface area contributed by atoms with Gasteiger partial charge in [0, 0.05) is 48.9 Å². The Kier molecular flexibility index (Phi) is 4.92. The number of fused-ring (bicyclic) bond motifs is 1. The fraction of sp³-hybridized carbons (Fsp3) is 0.500. The summed E-state index contributed by atoms with van der Waals surface area (Å²) >= 11 is 0. The first-order valence-electron chi connectivity index (χ1n) is 8.80. The molecule has 7 nitrogen and oxygen atoms in total. The molecule has 0 spiro atoms. The lowest BCUT2D eigenvalue weighted by molar-refractivity contribution is -0.129. The fourth-order valence-corrected chi connectivity index (χ4v) is 3.07. The molecule has 2 N–H and O–H groups in total. The molecule has 2 heterocycles. The van der Waals surface area contributed by atoms with Crippen LogP contribution in [0.4, 0.5) is 10.5 Å². The number of benzene rings is 1. The molecular formula is C18H25N5O2. The summed E-state index contributed by atoms with van der Waals surface area (Å²) in [6, 6.07) is 5.72. The number of nitrogens with one attached hydrogen (secondary N) is 2. The van der Waals surface area contributed by atoms with E-state index in [-0.39, 0.29) is 18.0 Å². The van der Waals surface area contributed by atoms with Crippen molar-refractivity contribution < 1.29 is 9.59 Å². The second-order valence-electron chi connectivity index (χ2n) is 6.75. The van der Waals surface area contributed by atoms with Gasteiger partial charge in [-0.3, -0.25) is 9.48 Å². The van der Waals surface area contributed by atoms with E-state index in [2.05, 4.69) is 29.6 Å². The molecule has 0 saturated carbocycles. The summed E-state index contributed by atoms with van der Waals surface area (Å²) in [5.74, 6) is 0.136. The Morgan fingerprint density at radius 3 is 2.88 bits per heavy atom. The third kappa shape index (κ3) is 3.92. The fourth-order valence-electron chi connectivity index (χ4n) is 3.07. The molecule has 3 rings (SSSR count). The number of anilines is 1. The van der Waals surface area contributed by atoms with Crippen molar-refractivity contribution in [1.82, 2.24) is 20.0 Å². The highest BCUT2D eigenvalue weighted by Crippen LogP contribution is 2.20. The molecule has 25 heavy (non-hydrogen) atoms. The number of carbonyl (C=O) groups excluding carboxylic acids is 2. The Bertz CT molecular complexity index is 783. The molecule has 1 aliphatic heterocycles. The third-order valence-corrected chi connectivity index (χ3v) is 4.49. The molecule has 3 amide bonds. The second-order valence-corrected chi connectivity index (χ2v) is 6.75. The van der Waals surface area contributed by atoms with Crippen molar-refractivity contribution in [3.63, 3.8) is 0 Å². The summed E-state index contributed by atoms with van der Waals surface area (Å²) in [5, 5.41) is 11.3. The summed E-state index contributed by atoms with van der Waals surface area (Å²) < 4.78 is 1.91. The maximum atomic E-state index is 12.2. The Hall–Kier alpha value is -2.57. The van der Waals surface area contributed by atoms with Crippen LogP contribution in [0.15, 0.2) is 24.4 Å². The van der Waals surface area contributed by atoms with E-state index in [1.807, 2.05) is 36.0 Å². The SMILES string of the molecule is CCC(=O)N1CC[C@@H](NC(=O)Nc2ccc3nn(C(C)C)cc3c2)C1. The van der Waals surface area contributed by atoms with Gasteiger partial charge in [-0.2, -0.15) is 5.10 Å². The minimum Gasteiger partial charge on any atom is -0.341 e. The van der Waals surface area contributed by atoms with E-state index in [1.54, 1.807) is 4.90 Å². The van der Waals surface area contributed by atoms with Crippen molar-refractivity contribution in [2.75, 3.05) is 18.4 Å². The Morgan fingerprint density at radius 2 is 2.16 bits per heavy atom. The first kappa shape index (κ1) is 17.3. The van der Waals surface area contributed by atoms with Gasteiger partial charge < -0.3 is 15.5 Å². The van der Waals surface area contributed by atoms with Crippen molar-refractivity contribution in [2.45, 2.75) is 45.7 Å². The number of nitrogens with zero attached hydrogens (tertiary/aromatic N) is 3. The van der Waals surface area contributed by atoms with Crippen LogP contribution in [0.2, 0.25) is 0 Å². The zero-order valence-corrected chi connectivity index (χ0v) is 15.0. The maximum absolute atomic E-state index is 12.2. The normalized spacial score (nSPS) is 17.3. The topological polar surface area (TPSA) is 79.3 Å². The van der Waals surface area contributed by atoms with Crippen molar-refractivity contribution in [3.8, 4) is 0 Å². The standard InChI is InChI=1S/C18H25N5O2/c1-4-17(24)22-8-7-15(11-22)20-18(25)19-14-5-6-16-13(9-14)10-23(21-16)12(2)3/h5-6,9-10,12,15H,4,7-8,11H2,1-3H3,(H2,19,20,25)/t15-/m1/s1. The molecular weight excluding hydrogens is 318 g/mol. The van der Waals surface area contributed by atoms with Gasteiger partial charge in [-0.05, 0) is 38.5 Å². The minimum absolute atomic E-state index is 0.00271. The quantitative estimate of drug-likeness (QED) is 0.896. The zero-order valence-electron chi connectivity index (χ0n) is 15.0. The summed E-state index contributed by atoms with van der Waals surface area (Å²) in [7, 11) is 0. The molecule has 1 aromatic carbocycles. The van der Waals surface area contributed by atoms with Crippen LogP contribution in [-0.4, -0.2) is 45.8 Å². The number of likely N-dealkylation sites (tertiary alicyclic amines) is 1. The van der Waals surface area contributed by atoms with Gasteiger partial charge in [-0.15, -0.1) is 0 Å². The van der Waals surface area contributed by atoms with Gasteiger partial charge in [0.1, 0.15) is 0 Å². The molecule has 1 atom stereocenters. The van der Waals surface area contributed by atoms with Gasteiger partial charge in [0.25, 0.3) is 0 Å². The van der Waals surface area contributed by atoms with Gasteiger partial charge in [0.05, 0.1) is 5.52 Å². The highest BCUT2D eigenvalue weighted by Gasteiger charge is 2.26. The number of urea groups is 1. The van der Waals surface area contributed by atoms with Crippen LogP contribution in [0, 0.1) is 0 Å². The van der Waals surface area contributed by atoms with Crippen molar-refractivity contribution >= 4 is 28.5 Å². The molecule has 134 valence electrons. The van der Waals surface area contributed by atoms with E-state index in [9.17, 15) is 9.59 Å². The van der Waals surface area contributed by atoms with E-state index in [0.29, 0.717) is 25.6 Å².